The van der Waals surface area contributed by atoms with Crippen molar-refractivity contribution in [3.05, 3.63) is 62.0 Å². The van der Waals surface area contributed by atoms with E-state index in [9.17, 15) is 24.5 Å². The topological polar surface area (TPSA) is 134 Å². The Hall–Kier alpha value is -3.53. The van der Waals surface area contributed by atoms with Crippen LogP contribution in [0.25, 0.3) is 0 Å². The summed E-state index contributed by atoms with van der Waals surface area (Å²) in [6.45, 7) is 7.59. The van der Waals surface area contributed by atoms with Crippen molar-refractivity contribution in [3.8, 4) is 0 Å². The van der Waals surface area contributed by atoms with Gasteiger partial charge in [-0.3, -0.25) is 19.7 Å². The highest BCUT2D eigenvalue weighted by Crippen LogP contribution is 2.46. The number of carbonyl (C=O) groups excluding carboxylic acids is 3. The van der Waals surface area contributed by atoms with Crippen molar-refractivity contribution in [3.63, 3.8) is 0 Å². The number of dihydropyridines is 1. The number of nitrogens with zero attached hydrogens (tertiary/aromatic N) is 1. The predicted molar refractivity (Wildman–Crippen MR) is 125 cm³/mol. The minimum atomic E-state index is -1.04. The molecule has 3 unspecified atom stereocenters. The summed E-state index contributed by atoms with van der Waals surface area (Å²) in [7, 11) is 1.22. The van der Waals surface area contributed by atoms with Crippen LogP contribution >= 0.6 is 0 Å². The zero-order chi connectivity index (χ0) is 25.9. The van der Waals surface area contributed by atoms with Gasteiger partial charge in [0.25, 0.3) is 5.69 Å². The third kappa shape index (κ3) is 5.12. The molecule has 0 fully saturated rings. The van der Waals surface area contributed by atoms with Crippen molar-refractivity contribution in [1.82, 2.24) is 5.32 Å². The number of ether oxygens (including phenoxy) is 3. The summed E-state index contributed by atoms with van der Waals surface area (Å²) in [5, 5.41) is 14.8. The number of nitro groups is 1. The zero-order valence-corrected chi connectivity index (χ0v) is 20.5. The summed E-state index contributed by atoms with van der Waals surface area (Å²) >= 11 is 0. The van der Waals surface area contributed by atoms with Crippen LogP contribution in [0.15, 0.2) is 40.7 Å². The standard InChI is InChI=1S/C25H30N2O8/c1-6-34-9-10-35-25(30)20-15(4)26-17-11-14(3)19(24(29)33-5)23(28)22(17)21(20)16-8-7-13(2)18(12-16)27(31)32/h7-8,12,14,19,21,26H,6,9-11H2,1-5H3. The maximum atomic E-state index is 13.7. The van der Waals surface area contributed by atoms with Gasteiger partial charge in [-0.15, -0.1) is 0 Å². The van der Waals surface area contributed by atoms with Crippen LogP contribution < -0.4 is 5.32 Å². The van der Waals surface area contributed by atoms with Gasteiger partial charge >= 0.3 is 11.9 Å². The van der Waals surface area contributed by atoms with E-state index in [0.29, 0.717) is 35.5 Å². The number of ketones is 1. The fourth-order valence-electron chi connectivity index (χ4n) is 4.70. The zero-order valence-electron chi connectivity index (χ0n) is 20.5. The number of benzene rings is 1. The van der Waals surface area contributed by atoms with E-state index in [2.05, 4.69) is 5.32 Å². The molecule has 0 aromatic heterocycles. The molecule has 1 aliphatic carbocycles. The van der Waals surface area contributed by atoms with Crippen LogP contribution in [-0.2, 0) is 28.6 Å². The predicted octanol–water partition coefficient (Wildman–Crippen LogP) is 3.10. The van der Waals surface area contributed by atoms with Gasteiger partial charge in [-0.05, 0) is 38.7 Å². The number of rotatable bonds is 8. The van der Waals surface area contributed by atoms with Crippen molar-refractivity contribution in [2.75, 3.05) is 26.9 Å². The lowest BCUT2D eigenvalue weighted by atomic mass is 9.69. The van der Waals surface area contributed by atoms with Crippen LogP contribution in [0.3, 0.4) is 0 Å². The molecule has 1 aliphatic heterocycles. The molecular formula is C25H30N2O8. The summed E-state index contributed by atoms with van der Waals surface area (Å²) in [6, 6.07) is 4.61. The third-order valence-electron chi connectivity index (χ3n) is 6.39. The van der Waals surface area contributed by atoms with E-state index in [1.165, 1.54) is 13.2 Å². The SMILES string of the molecule is CCOCCOC(=O)C1=C(C)NC2=C(C(=O)C(C(=O)OC)C(C)C2)C1c1ccc(C)c([N+](=O)[O-])c1. The number of esters is 2. The van der Waals surface area contributed by atoms with Crippen molar-refractivity contribution in [2.24, 2.45) is 11.8 Å². The number of carbonyl (C=O) groups is 3. The van der Waals surface area contributed by atoms with Crippen molar-refractivity contribution >= 4 is 23.4 Å². The van der Waals surface area contributed by atoms with Crippen LogP contribution in [0.1, 0.15) is 44.2 Å². The number of aryl methyl sites for hydroxylation is 1. The Kier molecular flexibility index (Phi) is 8.06. The van der Waals surface area contributed by atoms with Crippen LogP contribution in [0.5, 0.6) is 0 Å². The molecule has 10 nitrogen and oxygen atoms in total. The molecule has 0 amide bonds. The van der Waals surface area contributed by atoms with Crippen molar-refractivity contribution in [2.45, 2.75) is 40.0 Å². The Balaban J connectivity index is 2.15. The Labute approximate surface area is 203 Å². The molecule has 2 aliphatic rings. The highest BCUT2D eigenvalue weighted by molar-refractivity contribution is 6.12. The maximum Gasteiger partial charge on any atom is 0.336 e. The Morgan fingerprint density at radius 3 is 2.57 bits per heavy atom. The van der Waals surface area contributed by atoms with Gasteiger partial charge in [0.2, 0.25) is 0 Å². The summed E-state index contributed by atoms with van der Waals surface area (Å²) in [5.41, 5.74) is 2.14. The third-order valence-corrected chi connectivity index (χ3v) is 6.39. The molecular weight excluding hydrogens is 456 g/mol. The number of hydrogen-bond donors (Lipinski definition) is 1. The lowest BCUT2D eigenvalue weighted by Crippen LogP contribution is -2.43. The first-order valence-electron chi connectivity index (χ1n) is 11.4. The molecule has 3 rings (SSSR count). The monoisotopic (exact) mass is 486 g/mol. The van der Waals surface area contributed by atoms with Gasteiger partial charge in [-0.25, -0.2) is 4.79 Å². The highest BCUT2D eigenvalue weighted by Gasteiger charge is 2.47. The Morgan fingerprint density at radius 2 is 1.94 bits per heavy atom. The molecule has 188 valence electrons. The number of allylic oxidation sites excluding steroid dienone is 3. The summed E-state index contributed by atoms with van der Waals surface area (Å²) in [6.07, 6.45) is 0.370. The summed E-state index contributed by atoms with van der Waals surface area (Å²) < 4.78 is 15.5. The fraction of sp³-hybridized carbons (Fsp3) is 0.480. The Bertz CT molecular complexity index is 1120. The van der Waals surface area contributed by atoms with Crippen molar-refractivity contribution < 1.29 is 33.5 Å². The van der Waals surface area contributed by atoms with E-state index in [1.807, 2.05) is 6.92 Å². The molecule has 0 radical (unpaired) electrons. The highest BCUT2D eigenvalue weighted by atomic mass is 16.6. The second kappa shape index (κ2) is 10.8. The van der Waals surface area contributed by atoms with Crippen molar-refractivity contribution in [1.29, 1.82) is 0 Å². The van der Waals surface area contributed by atoms with E-state index in [1.54, 1.807) is 32.9 Å². The molecule has 1 N–H and O–H groups in total. The first-order chi connectivity index (χ1) is 16.6. The molecule has 0 spiro atoms. The first kappa shape index (κ1) is 26.1. The molecule has 0 saturated heterocycles. The molecule has 1 aromatic rings. The number of Topliss-reactive ketones (excluding diaryl/α,β-unsaturated/α-hetero) is 1. The van der Waals surface area contributed by atoms with E-state index in [0.717, 1.165) is 0 Å². The van der Waals surface area contributed by atoms with Gasteiger partial charge in [-0.2, -0.15) is 0 Å². The summed E-state index contributed by atoms with van der Waals surface area (Å²) in [5.74, 6) is -4.13. The fourth-order valence-corrected chi connectivity index (χ4v) is 4.70. The van der Waals surface area contributed by atoms with E-state index in [-0.39, 0.29) is 36.0 Å². The average Bonchev–Trinajstić information content (AvgIpc) is 2.80. The molecule has 0 bridgehead atoms. The maximum absolute atomic E-state index is 13.7. The Morgan fingerprint density at radius 1 is 1.23 bits per heavy atom. The minimum absolute atomic E-state index is 0.00584. The van der Waals surface area contributed by atoms with Crippen LogP contribution in [0, 0.1) is 28.9 Å². The minimum Gasteiger partial charge on any atom is -0.468 e. The van der Waals surface area contributed by atoms with E-state index < -0.39 is 34.5 Å². The number of hydrogen-bond acceptors (Lipinski definition) is 9. The van der Waals surface area contributed by atoms with Gasteiger partial charge in [0.05, 0.1) is 24.2 Å². The van der Waals surface area contributed by atoms with Gasteiger partial charge in [0, 0.05) is 41.1 Å². The number of nitro benzene ring substituents is 1. The molecule has 0 saturated carbocycles. The second-order valence-corrected chi connectivity index (χ2v) is 8.67. The lowest BCUT2D eigenvalue weighted by molar-refractivity contribution is -0.385. The molecule has 35 heavy (non-hydrogen) atoms. The summed E-state index contributed by atoms with van der Waals surface area (Å²) in [4.78, 5) is 50.5. The van der Waals surface area contributed by atoms with E-state index in [4.69, 9.17) is 14.2 Å². The second-order valence-electron chi connectivity index (χ2n) is 8.67. The first-order valence-corrected chi connectivity index (χ1v) is 11.4. The normalized spacial score (nSPS) is 21.9. The van der Waals surface area contributed by atoms with Gasteiger partial charge in [0.15, 0.2) is 5.78 Å². The average molecular weight is 487 g/mol. The van der Waals surface area contributed by atoms with Gasteiger partial charge in [-0.1, -0.05) is 19.1 Å². The van der Waals surface area contributed by atoms with Crippen LogP contribution in [0.4, 0.5) is 5.69 Å². The van der Waals surface area contributed by atoms with Gasteiger partial charge in [0.1, 0.15) is 12.5 Å². The number of methoxy groups -OCH3 is 1. The molecule has 1 heterocycles. The molecule has 1 aromatic carbocycles. The largest absolute Gasteiger partial charge is 0.468 e. The van der Waals surface area contributed by atoms with Gasteiger partial charge < -0.3 is 19.5 Å². The number of nitrogens with one attached hydrogen (secondary N) is 1. The smallest absolute Gasteiger partial charge is 0.336 e. The molecule has 3 atom stereocenters. The molecule has 10 heteroatoms. The lowest BCUT2D eigenvalue weighted by Gasteiger charge is -2.38. The van der Waals surface area contributed by atoms with E-state index >= 15 is 0 Å². The van der Waals surface area contributed by atoms with Crippen LogP contribution in [-0.4, -0.2) is 49.6 Å². The quantitative estimate of drug-likeness (QED) is 0.193. The van der Waals surface area contributed by atoms with Crippen LogP contribution in [0.2, 0.25) is 0 Å².